The van der Waals surface area contributed by atoms with Crippen molar-refractivity contribution in [2.75, 3.05) is 31.1 Å². The quantitative estimate of drug-likeness (QED) is 0.480. The number of Topliss-reactive ketones (excluding diaryl/α,β-unsaturated/α-hetero) is 1. The van der Waals surface area contributed by atoms with Gasteiger partial charge < -0.3 is 9.80 Å². The zero-order valence-electron chi connectivity index (χ0n) is 20.7. The highest BCUT2D eigenvalue weighted by molar-refractivity contribution is 7.91. The van der Waals surface area contributed by atoms with Crippen molar-refractivity contribution in [2.24, 2.45) is 5.92 Å². The maximum atomic E-state index is 13.2. The normalized spacial score (nSPS) is 21.2. The Labute approximate surface area is 210 Å². The Morgan fingerprint density at radius 3 is 1.80 bits per heavy atom. The summed E-state index contributed by atoms with van der Waals surface area (Å²) in [6, 6.07) is 14.5. The summed E-state index contributed by atoms with van der Waals surface area (Å²) in [6.07, 6.45) is 12.1. The number of piperidine rings is 2. The SMILES string of the molecule is O=C(c1ccc(S(=O)(=O)c2ccc(N3CCCCC3)cc2)cc1)C1CCN(C2CCCCC2)CC1. The van der Waals surface area contributed by atoms with Gasteiger partial charge in [0, 0.05) is 36.3 Å². The topological polar surface area (TPSA) is 57.7 Å². The molecule has 0 atom stereocenters. The summed E-state index contributed by atoms with van der Waals surface area (Å²) in [6.45, 7) is 4.06. The lowest BCUT2D eigenvalue weighted by Gasteiger charge is -2.39. The minimum absolute atomic E-state index is 0.0413. The van der Waals surface area contributed by atoms with E-state index < -0.39 is 9.84 Å². The maximum absolute atomic E-state index is 13.2. The molecule has 0 amide bonds. The smallest absolute Gasteiger partial charge is 0.206 e. The second-order valence-corrected chi connectivity index (χ2v) is 12.5. The van der Waals surface area contributed by atoms with Gasteiger partial charge in [-0.2, -0.15) is 0 Å². The standard InChI is InChI=1S/C29H38N2O3S/c32-29(24-17-21-31(22-18-24)25-7-3-1-4-8-25)23-9-13-27(14-10-23)35(33,34)28-15-11-26(12-16-28)30-19-5-2-6-20-30/h9-16,24-25H,1-8,17-22H2. The first kappa shape index (κ1) is 24.5. The summed E-state index contributed by atoms with van der Waals surface area (Å²) in [5.41, 5.74) is 1.71. The number of carbonyl (C=O) groups is 1. The molecule has 5 rings (SSSR count). The number of hydrogen-bond acceptors (Lipinski definition) is 5. The van der Waals surface area contributed by atoms with Crippen molar-refractivity contribution in [3.63, 3.8) is 0 Å². The number of anilines is 1. The molecule has 0 aromatic heterocycles. The van der Waals surface area contributed by atoms with Crippen LogP contribution >= 0.6 is 0 Å². The van der Waals surface area contributed by atoms with Gasteiger partial charge in [0.05, 0.1) is 9.79 Å². The van der Waals surface area contributed by atoms with Gasteiger partial charge in [-0.3, -0.25) is 4.79 Å². The molecular formula is C29H38N2O3S. The summed E-state index contributed by atoms with van der Waals surface area (Å²) in [5, 5.41) is 0. The molecule has 35 heavy (non-hydrogen) atoms. The van der Waals surface area contributed by atoms with E-state index >= 15 is 0 Å². The van der Waals surface area contributed by atoms with Crippen LogP contribution in [0.15, 0.2) is 58.3 Å². The van der Waals surface area contributed by atoms with Crippen LogP contribution in [-0.4, -0.2) is 51.3 Å². The van der Waals surface area contributed by atoms with Crippen LogP contribution in [-0.2, 0) is 9.84 Å². The molecule has 0 spiro atoms. The number of hydrogen-bond donors (Lipinski definition) is 0. The highest BCUT2D eigenvalue weighted by Gasteiger charge is 2.30. The van der Waals surface area contributed by atoms with E-state index in [1.807, 2.05) is 12.1 Å². The van der Waals surface area contributed by atoms with E-state index in [0.717, 1.165) is 44.7 Å². The second kappa shape index (κ2) is 10.8. The van der Waals surface area contributed by atoms with E-state index in [0.29, 0.717) is 16.5 Å². The Balaban J connectivity index is 1.21. The van der Waals surface area contributed by atoms with E-state index in [1.165, 1.54) is 51.4 Å². The number of benzene rings is 2. The number of sulfone groups is 1. The van der Waals surface area contributed by atoms with Crippen LogP contribution in [0.3, 0.4) is 0 Å². The number of ketones is 1. The Morgan fingerprint density at radius 1 is 0.657 bits per heavy atom. The highest BCUT2D eigenvalue weighted by atomic mass is 32.2. The minimum atomic E-state index is -3.61. The first-order valence-corrected chi connectivity index (χ1v) is 15.0. The van der Waals surface area contributed by atoms with Gasteiger partial charge in [0.15, 0.2) is 5.78 Å². The molecule has 2 saturated heterocycles. The Kier molecular flexibility index (Phi) is 7.59. The third kappa shape index (κ3) is 5.49. The fourth-order valence-electron chi connectivity index (χ4n) is 6.13. The van der Waals surface area contributed by atoms with E-state index in [2.05, 4.69) is 9.80 Å². The fourth-order valence-corrected chi connectivity index (χ4v) is 7.39. The molecule has 0 bridgehead atoms. The number of carbonyl (C=O) groups excluding carboxylic acids is 1. The number of likely N-dealkylation sites (tertiary alicyclic amines) is 1. The van der Waals surface area contributed by atoms with Gasteiger partial charge in [-0.1, -0.05) is 31.4 Å². The molecule has 0 N–H and O–H groups in total. The number of nitrogens with zero attached hydrogens (tertiary/aromatic N) is 2. The molecule has 3 fully saturated rings. The molecule has 2 aromatic rings. The van der Waals surface area contributed by atoms with Crippen molar-refractivity contribution in [3.8, 4) is 0 Å². The summed E-state index contributed by atoms with van der Waals surface area (Å²) >= 11 is 0. The number of rotatable bonds is 6. The molecule has 3 aliphatic rings. The highest BCUT2D eigenvalue weighted by Crippen LogP contribution is 2.30. The summed E-state index contributed by atoms with van der Waals surface area (Å²) in [7, 11) is -3.61. The zero-order valence-corrected chi connectivity index (χ0v) is 21.5. The van der Waals surface area contributed by atoms with Crippen LogP contribution in [0.4, 0.5) is 5.69 Å². The third-order valence-corrected chi connectivity index (χ3v) is 10.1. The van der Waals surface area contributed by atoms with Crippen molar-refractivity contribution in [1.82, 2.24) is 4.90 Å². The summed E-state index contributed by atoms with van der Waals surface area (Å²) in [5.74, 6) is 0.197. The zero-order chi connectivity index (χ0) is 24.3. The van der Waals surface area contributed by atoms with Crippen LogP contribution in [0.25, 0.3) is 0 Å². The van der Waals surface area contributed by atoms with Gasteiger partial charge >= 0.3 is 0 Å². The third-order valence-electron chi connectivity index (χ3n) is 8.31. The van der Waals surface area contributed by atoms with Crippen LogP contribution in [0, 0.1) is 5.92 Å². The predicted molar refractivity (Wildman–Crippen MR) is 140 cm³/mol. The van der Waals surface area contributed by atoms with Crippen LogP contribution in [0.1, 0.15) is 74.6 Å². The van der Waals surface area contributed by atoms with Gasteiger partial charge in [-0.15, -0.1) is 0 Å². The molecule has 0 unspecified atom stereocenters. The van der Waals surface area contributed by atoms with Gasteiger partial charge in [0.2, 0.25) is 9.84 Å². The minimum Gasteiger partial charge on any atom is -0.372 e. The predicted octanol–water partition coefficient (Wildman–Crippen LogP) is 5.74. The monoisotopic (exact) mass is 494 g/mol. The van der Waals surface area contributed by atoms with Crippen LogP contribution < -0.4 is 4.90 Å². The average molecular weight is 495 g/mol. The summed E-state index contributed by atoms with van der Waals surface area (Å²) < 4.78 is 26.4. The molecule has 2 heterocycles. The Morgan fingerprint density at radius 2 is 1.20 bits per heavy atom. The molecular weight excluding hydrogens is 456 g/mol. The van der Waals surface area contributed by atoms with Crippen molar-refractivity contribution >= 4 is 21.3 Å². The van der Waals surface area contributed by atoms with Gasteiger partial charge in [0.1, 0.15) is 0 Å². The van der Waals surface area contributed by atoms with E-state index in [9.17, 15) is 13.2 Å². The van der Waals surface area contributed by atoms with E-state index in [1.54, 1.807) is 36.4 Å². The van der Waals surface area contributed by atoms with Gasteiger partial charge in [-0.25, -0.2) is 8.42 Å². The average Bonchev–Trinajstić information content (AvgIpc) is 2.94. The molecule has 2 aromatic carbocycles. The van der Waals surface area contributed by atoms with Crippen molar-refractivity contribution in [3.05, 3.63) is 54.1 Å². The van der Waals surface area contributed by atoms with Gasteiger partial charge in [-0.05, 0) is 94.4 Å². The molecule has 5 nitrogen and oxygen atoms in total. The maximum Gasteiger partial charge on any atom is 0.206 e. The van der Waals surface area contributed by atoms with Crippen molar-refractivity contribution in [2.45, 2.75) is 80.0 Å². The largest absolute Gasteiger partial charge is 0.372 e. The van der Waals surface area contributed by atoms with Crippen LogP contribution in [0.2, 0.25) is 0 Å². The Hall–Kier alpha value is -2.18. The summed E-state index contributed by atoms with van der Waals surface area (Å²) in [4.78, 5) is 18.6. The van der Waals surface area contributed by atoms with Crippen molar-refractivity contribution < 1.29 is 13.2 Å². The Bertz CT molecular complexity index is 1090. The second-order valence-electron chi connectivity index (χ2n) is 10.5. The molecule has 6 heteroatoms. The first-order valence-electron chi connectivity index (χ1n) is 13.5. The lowest BCUT2D eigenvalue weighted by Crippen LogP contribution is -2.43. The molecule has 1 aliphatic carbocycles. The lowest BCUT2D eigenvalue weighted by atomic mass is 9.86. The van der Waals surface area contributed by atoms with Crippen LogP contribution in [0.5, 0.6) is 0 Å². The van der Waals surface area contributed by atoms with Crippen molar-refractivity contribution in [1.29, 1.82) is 0 Å². The molecule has 188 valence electrons. The molecule has 2 aliphatic heterocycles. The lowest BCUT2D eigenvalue weighted by molar-refractivity contribution is 0.0747. The van der Waals surface area contributed by atoms with E-state index in [4.69, 9.17) is 0 Å². The van der Waals surface area contributed by atoms with Gasteiger partial charge in [0.25, 0.3) is 0 Å². The van der Waals surface area contributed by atoms with E-state index in [-0.39, 0.29) is 16.6 Å². The first-order chi connectivity index (χ1) is 17.0. The fraction of sp³-hybridized carbons (Fsp3) is 0.552. The molecule has 0 radical (unpaired) electrons. The molecule has 1 saturated carbocycles.